The molecular weight excluding hydrogens is 290 g/mol. The van der Waals surface area contributed by atoms with Crippen molar-refractivity contribution in [2.75, 3.05) is 5.32 Å². The van der Waals surface area contributed by atoms with E-state index < -0.39 is 17.9 Å². The third-order valence-corrected chi connectivity index (χ3v) is 2.64. The Labute approximate surface area is 117 Å². The number of phenols is 1. The van der Waals surface area contributed by atoms with Gasteiger partial charge in [0, 0.05) is 17.8 Å². The van der Waals surface area contributed by atoms with Gasteiger partial charge in [0.05, 0.1) is 0 Å². The SMILES string of the molecule is Oc1c(F)cccc1CNc1ccc(OC(F)(F)F)cc1. The van der Waals surface area contributed by atoms with Gasteiger partial charge in [0.25, 0.3) is 0 Å². The first-order valence-electron chi connectivity index (χ1n) is 5.91. The quantitative estimate of drug-likeness (QED) is 0.837. The molecule has 3 nitrogen and oxygen atoms in total. The number of phenolic OH excluding ortho intramolecular Hbond substituents is 1. The van der Waals surface area contributed by atoms with E-state index in [2.05, 4.69) is 10.1 Å². The van der Waals surface area contributed by atoms with Gasteiger partial charge in [-0.05, 0) is 30.3 Å². The minimum Gasteiger partial charge on any atom is -0.505 e. The summed E-state index contributed by atoms with van der Waals surface area (Å²) >= 11 is 0. The Morgan fingerprint density at radius 1 is 1.05 bits per heavy atom. The molecule has 2 aromatic carbocycles. The Morgan fingerprint density at radius 2 is 1.71 bits per heavy atom. The van der Waals surface area contributed by atoms with Crippen LogP contribution in [-0.2, 0) is 6.54 Å². The van der Waals surface area contributed by atoms with Crippen LogP contribution in [-0.4, -0.2) is 11.5 Å². The lowest BCUT2D eigenvalue weighted by atomic mass is 10.2. The van der Waals surface area contributed by atoms with E-state index in [-0.39, 0.29) is 12.3 Å². The molecule has 2 aromatic rings. The number of rotatable bonds is 4. The van der Waals surface area contributed by atoms with Gasteiger partial charge in [-0.3, -0.25) is 0 Å². The van der Waals surface area contributed by atoms with Gasteiger partial charge in [0.2, 0.25) is 0 Å². The van der Waals surface area contributed by atoms with Crippen LogP contribution >= 0.6 is 0 Å². The molecule has 0 heterocycles. The molecule has 0 saturated carbocycles. The second-order valence-corrected chi connectivity index (χ2v) is 4.17. The van der Waals surface area contributed by atoms with E-state index in [1.807, 2.05) is 0 Å². The van der Waals surface area contributed by atoms with Gasteiger partial charge in [-0.2, -0.15) is 0 Å². The van der Waals surface area contributed by atoms with Crippen molar-refractivity contribution < 1.29 is 27.4 Å². The van der Waals surface area contributed by atoms with Crippen LogP contribution in [0.15, 0.2) is 42.5 Å². The second kappa shape index (κ2) is 5.90. The van der Waals surface area contributed by atoms with Crippen LogP contribution in [0.25, 0.3) is 0 Å². The maximum atomic E-state index is 13.1. The van der Waals surface area contributed by atoms with E-state index >= 15 is 0 Å². The molecule has 0 aliphatic heterocycles. The molecule has 0 radical (unpaired) electrons. The molecule has 0 saturated heterocycles. The molecule has 0 bridgehead atoms. The van der Waals surface area contributed by atoms with Crippen molar-refractivity contribution in [1.29, 1.82) is 0 Å². The molecule has 0 aliphatic carbocycles. The first-order valence-corrected chi connectivity index (χ1v) is 5.91. The summed E-state index contributed by atoms with van der Waals surface area (Å²) < 4.78 is 52.8. The van der Waals surface area contributed by atoms with Gasteiger partial charge in [-0.25, -0.2) is 4.39 Å². The lowest BCUT2D eigenvalue weighted by Crippen LogP contribution is -2.17. The first-order chi connectivity index (χ1) is 9.85. The van der Waals surface area contributed by atoms with Crippen LogP contribution in [0.2, 0.25) is 0 Å². The highest BCUT2D eigenvalue weighted by molar-refractivity contribution is 5.47. The number of para-hydroxylation sites is 1. The zero-order valence-corrected chi connectivity index (χ0v) is 10.6. The van der Waals surface area contributed by atoms with Gasteiger partial charge in [0.15, 0.2) is 11.6 Å². The molecule has 0 aliphatic rings. The molecule has 21 heavy (non-hydrogen) atoms. The van der Waals surface area contributed by atoms with E-state index in [0.717, 1.165) is 18.2 Å². The highest BCUT2D eigenvalue weighted by Gasteiger charge is 2.30. The number of hydrogen-bond donors (Lipinski definition) is 2. The molecule has 0 unspecified atom stereocenters. The topological polar surface area (TPSA) is 41.5 Å². The van der Waals surface area contributed by atoms with Crippen LogP contribution in [0.5, 0.6) is 11.5 Å². The van der Waals surface area contributed by atoms with Crippen molar-refractivity contribution in [2.45, 2.75) is 12.9 Å². The molecule has 2 N–H and O–H groups in total. The lowest BCUT2D eigenvalue weighted by molar-refractivity contribution is -0.274. The Kier molecular flexibility index (Phi) is 4.21. The normalized spacial score (nSPS) is 11.2. The summed E-state index contributed by atoms with van der Waals surface area (Å²) in [6, 6.07) is 9.19. The van der Waals surface area contributed by atoms with Crippen molar-refractivity contribution in [3.05, 3.63) is 53.8 Å². The number of benzene rings is 2. The van der Waals surface area contributed by atoms with Crippen LogP contribution in [0.3, 0.4) is 0 Å². The molecule has 0 amide bonds. The van der Waals surface area contributed by atoms with Crippen LogP contribution in [0.4, 0.5) is 23.2 Å². The lowest BCUT2D eigenvalue weighted by Gasteiger charge is -2.11. The highest BCUT2D eigenvalue weighted by atomic mass is 19.4. The highest BCUT2D eigenvalue weighted by Crippen LogP contribution is 2.25. The smallest absolute Gasteiger partial charge is 0.505 e. The predicted octanol–water partition coefficient (Wildman–Crippen LogP) is 4.04. The van der Waals surface area contributed by atoms with Crippen molar-refractivity contribution in [3.63, 3.8) is 0 Å². The summed E-state index contributed by atoms with van der Waals surface area (Å²) in [6.45, 7) is 0.128. The van der Waals surface area contributed by atoms with E-state index in [4.69, 9.17) is 0 Å². The Morgan fingerprint density at radius 3 is 2.33 bits per heavy atom. The number of aromatic hydroxyl groups is 1. The number of alkyl halides is 3. The zero-order valence-electron chi connectivity index (χ0n) is 10.6. The molecule has 112 valence electrons. The summed E-state index contributed by atoms with van der Waals surface area (Å²) in [7, 11) is 0. The minimum absolute atomic E-state index is 0.128. The second-order valence-electron chi connectivity index (χ2n) is 4.17. The summed E-state index contributed by atoms with van der Waals surface area (Å²) in [4.78, 5) is 0. The van der Waals surface area contributed by atoms with Gasteiger partial charge < -0.3 is 15.2 Å². The monoisotopic (exact) mass is 301 g/mol. The fraction of sp³-hybridized carbons (Fsp3) is 0.143. The molecule has 7 heteroatoms. The minimum atomic E-state index is -4.73. The van der Waals surface area contributed by atoms with Gasteiger partial charge in [0.1, 0.15) is 5.75 Å². The first kappa shape index (κ1) is 15.0. The maximum absolute atomic E-state index is 13.1. The fourth-order valence-electron chi connectivity index (χ4n) is 1.67. The molecule has 0 aromatic heterocycles. The predicted molar refractivity (Wildman–Crippen MR) is 68.5 cm³/mol. The van der Waals surface area contributed by atoms with Crippen molar-refractivity contribution in [2.24, 2.45) is 0 Å². The van der Waals surface area contributed by atoms with Gasteiger partial charge in [-0.15, -0.1) is 13.2 Å². The summed E-state index contributed by atoms with van der Waals surface area (Å²) in [5.74, 6) is -1.52. The van der Waals surface area contributed by atoms with Crippen LogP contribution in [0, 0.1) is 5.82 Å². The fourth-order valence-corrected chi connectivity index (χ4v) is 1.67. The number of ether oxygens (including phenoxy) is 1. The van der Waals surface area contributed by atoms with Crippen molar-refractivity contribution in [3.8, 4) is 11.5 Å². The van der Waals surface area contributed by atoms with E-state index in [9.17, 15) is 22.7 Å². The van der Waals surface area contributed by atoms with Gasteiger partial charge >= 0.3 is 6.36 Å². The third-order valence-electron chi connectivity index (χ3n) is 2.64. The molecule has 0 fully saturated rings. The van der Waals surface area contributed by atoms with Crippen molar-refractivity contribution >= 4 is 5.69 Å². The number of halogens is 4. The average Bonchev–Trinajstić information content (AvgIpc) is 2.40. The molecular formula is C14H11F4NO2. The summed E-state index contributed by atoms with van der Waals surface area (Å²) in [5, 5.41) is 12.3. The molecule has 0 spiro atoms. The van der Waals surface area contributed by atoms with Gasteiger partial charge in [-0.1, -0.05) is 12.1 Å². The summed E-state index contributed by atoms with van der Waals surface area (Å²) in [5.41, 5.74) is 0.846. The number of nitrogens with one attached hydrogen (secondary N) is 1. The largest absolute Gasteiger partial charge is 0.573 e. The zero-order chi connectivity index (χ0) is 15.5. The Hall–Kier alpha value is -2.44. The standard InChI is InChI=1S/C14H11F4NO2/c15-12-3-1-2-9(13(12)20)8-19-10-4-6-11(7-5-10)21-14(16,17)18/h1-7,19-20H,8H2. The van der Waals surface area contributed by atoms with E-state index in [1.54, 1.807) is 0 Å². The number of anilines is 1. The third kappa shape index (κ3) is 4.27. The van der Waals surface area contributed by atoms with E-state index in [0.29, 0.717) is 11.3 Å². The van der Waals surface area contributed by atoms with E-state index in [1.165, 1.54) is 24.3 Å². The summed E-state index contributed by atoms with van der Waals surface area (Å²) in [6.07, 6.45) is -4.73. The number of hydrogen-bond acceptors (Lipinski definition) is 3. The average molecular weight is 301 g/mol. The molecule has 2 rings (SSSR count). The van der Waals surface area contributed by atoms with Crippen molar-refractivity contribution in [1.82, 2.24) is 0 Å². The Bertz CT molecular complexity index is 611. The molecule has 0 atom stereocenters. The van der Waals surface area contributed by atoms with Crippen LogP contribution < -0.4 is 10.1 Å². The maximum Gasteiger partial charge on any atom is 0.573 e. The Balaban J connectivity index is 1.99. The van der Waals surface area contributed by atoms with Crippen LogP contribution in [0.1, 0.15) is 5.56 Å².